The fraction of sp³-hybridized carbons (Fsp3) is 0.0667. The van der Waals surface area contributed by atoms with Crippen LogP contribution in [-0.4, -0.2) is 22.7 Å². The third kappa shape index (κ3) is 3.72. The first-order valence-electron chi connectivity index (χ1n) is 6.57. The Morgan fingerprint density at radius 1 is 1.26 bits per heavy atom. The number of halogens is 2. The van der Waals surface area contributed by atoms with Gasteiger partial charge in [-0.3, -0.25) is 9.89 Å². The molecule has 0 bridgehead atoms. The van der Waals surface area contributed by atoms with Crippen LogP contribution in [0.15, 0.2) is 47.8 Å². The zero-order valence-electron chi connectivity index (χ0n) is 11.6. The highest BCUT2D eigenvalue weighted by Crippen LogP contribution is 2.23. The van der Waals surface area contributed by atoms with Crippen molar-refractivity contribution >= 4 is 22.9 Å². The summed E-state index contributed by atoms with van der Waals surface area (Å²) in [5, 5.41) is 11.3. The number of hydrogen-bond donors (Lipinski definition) is 2. The van der Waals surface area contributed by atoms with Crippen LogP contribution in [0.2, 0.25) is 0 Å². The number of benzene rings is 1. The summed E-state index contributed by atoms with van der Waals surface area (Å²) in [7, 11) is 0. The molecule has 0 atom stereocenters. The van der Waals surface area contributed by atoms with Gasteiger partial charge in [0.1, 0.15) is 5.75 Å². The van der Waals surface area contributed by atoms with Gasteiger partial charge in [-0.2, -0.15) is 13.9 Å². The standard InChI is InChI=1S/C15H11F2N3O2S/c16-15(17)22-10-5-3-9(4-6-10)18-14(21)12-8-11(19-20-12)13-2-1-7-23-13/h1-8,15H,(H,18,21)(H,19,20). The van der Waals surface area contributed by atoms with Gasteiger partial charge in [-0.15, -0.1) is 11.3 Å². The Bertz CT molecular complexity index is 785. The van der Waals surface area contributed by atoms with Gasteiger partial charge >= 0.3 is 6.61 Å². The van der Waals surface area contributed by atoms with Gasteiger partial charge in [0, 0.05) is 5.69 Å². The number of carbonyl (C=O) groups excluding carboxylic acids is 1. The number of aromatic amines is 1. The first-order chi connectivity index (χ1) is 11.1. The van der Waals surface area contributed by atoms with Crippen molar-refractivity contribution < 1.29 is 18.3 Å². The quantitative estimate of drug-likeness (QED) is 0.741. The number of anilines is 1. The molecule has 2 aromatic heterocycles. The van der Waals surface area contributed by atoms with E-state index in [9.17, 15) is 13.6 Å². The van der Waals surface area contributed by atoms with Gasteiger partial charge in [-0.1, -0.05) is 6.07 Å². The molecular formula is C15H11F2N3O2S. The van der Waals surface area contributed by atoms with E-state index in [0.29, 0.717) is 5.69 Å². The summed E-state index contributed by atoms with van der Waals surface area (Å²) in [4.78, 5) is 13.1. The summed E-state index contributed by atoms with van der Waals surface area (Å²) in [5.74, 6) is -0.371. The van der Waals surface area contributed by atoms with Crippen molar-refractivity contribution in [1.82, 2.24) is 10.2 Å². The Kier molecular flexibility index (Phi) is 4.33. The highest BCUT2D eigenvalue weighted by atomic mass is 32.1. The van der Waals surface area contributed by atoms with E-state index in [-0.39, 0.29) is 11.4 Å². The van der Waals surface area contributed by atoms with Crippen LogP contribution in [0, 0.1) is 0 Å². The number of rotatable bonds is 5. The van der Waals surface area contributed by atoms with Crippen LogP contribution >= 0.6 is 11.3 Å². The van der Waals surface area contributed by atoms with E-state index in [4.69, 9.17) is 0 Å². The fourth-order valence-electron chi connectivity index (χ4n) is 1.91. The normalized spacial score (nSPS) is 10.7. The topological polar surface area (TPSA) is 67.0 Å². The molecule has 0 unspecified atom stereocenters. The lowest BCUT2D eigenvalue weighted by Gasteiger charge is -2.06. The van der Waals surface area contributed by atoms with E-state index in [1.165, 1.54) is 35.6 Å². The molecule has 0 aliphatic heterocycles. The van der Waals surface area contributed by atoms with E-state index in [2.05, 4.69) is 20.3 Å². The molecule has 3 aromatic rings. The molecule has 118 valence electrons. The number of hydrogen-bond acceptors (Lipinski definition) is 4. The minimum Gasteiger partial charge on any atom is -0.435 e. The number of nitrogens with one attached hydrogen (secondary N) is 2. The number of ether oxygens (including phenoxy) is 1. The van der Waals surface area contributed by atoms with Gasteiger partial charge < -0.3 is 10.1 Å². The van der Waals surface area contributed by atoms with Crippen LogP contribution in [0.4, 0.5) is 14.5 Å². The molecule has 3 rings (SSSR count). The van der Waals surface area contributed by atoms with E-state index in [0.717, 1.165) is 10.6 Å². The zero-order chi connectivity index (χ0) is 16.2. The smallest absolute Gasteiger partial charge is 0.387 e. The zero-order valence-corrected chi connectivity index (χ0v) is 12.4. The second-order valence-electron chi connectivity index (χ2n) is 4.50. The minimum atomic E-state index is -2.88. The van der Waals surface area contributed by atoms with E-state index in [1.807, 2.05) is 17.5 Å². The van der Waals surface area contributed by atoms with Gasteiger partial charge in [0.25, 0.3) is 5.91 Å². The molecule has 0 aliphatic rings. The number of carbonyl (C=O) groups is 1. The number of aromatic nitrogens is 2. The summed E-state index contributed by atoms with van der Waals surface area (Å²) in [5.41, 5.74) is 1.45. The van der Waals surface area contributed by atoms with Crippen molar-refractivity contribution in [2.75, 3.05) is 5.32 Å². The highest BCUT2D eigenvalue weighted by Gasteiger charge is 2.12. The maximum Gasteiger partial charge on any atom is 0.387 e. The van der Waals surface area contributed by atoms with Crippen LogP contribution in [0.1, 0.15) is 10.5 Å². The number of thiophene rings is 1. The molecule has 0 aliphatic carbocycles. The number of nitrogens with zero attached hydrogens (tertiary/aromatic N) is 1. The summed E-state index contributed by atoms with van der Waals surface area (Å²) in [6, 6.07) is 11.1. The molecule has 2 N–H and O–H groups in total. The molecule has 0 fully saturated rings. The van der Waals surface area contributed by atoms with E-state index < -0.39 is 12.5 Å². The van der Waals surface area contributed by atoms with Crippen molar-refractivity contribution in [2.24, 2.45) is 0 Å². The minimum absolute atomic E-state index is 0.0257. The van der Waals surface area contributed by atoms with Gasteiger partial charge in [0.05, 0.1) is 10.6 Å². The van der Waals surface area contributed by atoms with Crippen molar-refractivity contribution in [2.45, 2.75) is 6.61 Å². The Labute approximate surface area is 133 Å². The third-order valence-electron chi connectivity index (χ3n) is 2.93. The molecule has 0 saturated carbocycles. The van der Waals surface area contributed by atoms with Crippen LogP contribution in [-0.2, 0) is 0 Å². The molecule has 0 radical (unpaired) electrons. The van der Waals surface area contributed by atoms with Gasteiger partial charge in [-0.25, -0.2) is 0 Å². The van der Waals surface area contributed by atoms with Crippen molar-refractivity contribution in [3.05, 3.63) is 53.5 Å². The molecular weight excluding hydrogens is 324 g/mol. The van der Waals surface area contributed by atoms with Crippen LogP contribution in [0.5, 0.6) is 5.75 Å². The SMILES string of the molecule is O=C(Nc1ccc(OC(F)F)cc1)c1cc(-c2cccs2)[nH]n1. The Morgan fingerprint density at radius 2 is 2.04 bits per heavy atom. The number of alkyl halides is 2. The van der Waals surface area contributed by atoms with Crippen LogP contribution < -0.4 is 10.1 Å². The second kappa shape index (κ2) is 6.57. The maximum atomic E-state index is 12.1. The lowest BCUT2D eigenvalue weighted by molar-refractivity contribution is -0.0498. The molecule has 5 nitrogen and oxygen atoms in total. The van der Waals surface area contributed by atoms with Gasteiger partial charge in [0.2, 0.25) is 0 Å². The maximum absolute atomic E-state index is 12.1. The van der Waals surface area contributed by atoms with Gasteiger partial charge in [0.15, 0.2) is 5.69 Å². The lowest BCUT2D eigenvalue weighted by Crippen LogP contribution is -2.12. The fourth-order valence-corrected chi connectivity index (χ4v) is 2.60. The number of amides is 1. The van der Waals surface area contributed by atoms with Crippen molar-refractivity contribution in [1.29, 1.82) is 0 Å². The first-order valence-corrected chi connectivity index (χ1v) is 7.45. The lowest BCUT2D eigenvalue weighted by atomic mass is 10.2. The third-order valence-corrected chi connectivity index (χ3v) is 3.84. The second-order valence-corrected chi connectivity index (χ2v) is 5.45. The van der Waals surface area contributed by atoms with E-state index in [1.54, 1.807) is 6.07 Å². The van der Waals surface area contributed by atoms with Crippen LogP contribution in [0.25, 0.3) is 10.6 Å². The molecule has 23 heavy (non-hydrogen) atoms. The largest absolute Gasteiger partial charge is 0.435 e. The van der Waals surface area contributed by atoms with Crippen molar-refractivity contribution in [3.63, 3.8) is 0 Å². The predicted molar refractivity (Wildman–Crippen MR) is 82.9 cm³/mol. The Morgan fingerprint density at radius 3 is 2.70 bits per heavy atom. The summed E-state index contributed by atoms with van der Waals surface area (Å²) in [6.45, 7) is -2.88. The average Bonchev–Trinajstić information content (AvgIpc) is 3.19. The Hall–Kier alpha value is -2.74. The highest BCUT2D eigenvalue weighted by molar-refractivity contribution is 7.13. The predicted octanol–water partition coefficient (Wildman–Crippen LogP) is 3.99. The van der Waals surface area contributed by atoms with Crippen molar-refractivity contribution in [3.8, 4) is 16.3 Å². The summed E-state index contributed by atoms with van der Waals surface area (Å²) >= 11 is 1.53. The van der Waals surface area contributed by atoms with Gasteiger partial charge in [-0.05, 0) is 41.8 Å². The monoisotopic (exact) mass is 335 g/mol. The average molecular weight is 335 g/mol. The van der Waals surface area contributed by atoms with Crippen LogP contribution in [0.3, 0.4) is 0 Å². The molecule has 0 saturated heterocycles. The summed E-state index contributed by atoms with van der Waals surface area (Å²) in [6.07, 6.45) is 0. The Balaban J connectivity index is 1.67. The molecule has 1 aromatic carbocycles. The van der Waals surface area contributed by atoms with E-state index >= 15 is 0 Å². The molecule has 1 amide bonds. The molecule has 8 heteroatoms. The summed E-state index contributed by atoms with van der Waals surface area (Å²) < 4.78 is 28.4. The molecule has 2 heterocycles. The molecule has 0 spiro atoms. The number of H-pyrrole nitrogens is 1. The first kappa shape index (κ1) is 15.2.